The molecule has 0 atom stereocenters. The van der Waals surface area contributed by atoms with Crippen molar-refractivity contribution in [1.82, 2.24) is 4.98 Å². The van der Waals surface area contributed by atoms with Crippen molar-refractivity contribution >= 4 is 33.7 Å². The molecule has 0 fully saturated rings. The van der Waals surface area contributed by atoms with Gasteiger partial charge in [0.05, 0.1) is 23.3 Å². The van der Waals surface area contributed by atoms with E-state index in [9.17, 15) is 0 Å². The van der Waals surface area contributed by atoms with Crippen LogP contribution < -0.4 is 4.74 Å². The molecule has 0 radical (unpaired) electrons. The summed E-state index contributed by atoms with van der Waals surface area (Å²) >= 11 is 0. The molecule has 0 aliphatic carbocycles. The molecule has 1 aliphatic rings. The third-order valence-electron chi connectivity index (χ3n) is 4.56. The average Bonchev–Trinajstić information content (AvgIpc) is 2.71. The molecule has 1 aromatic heterocycles. The maximum atomic E-state index is 5.69. The smallest absolute Gasteiger partial charge is 0.189 e. The van der Waals surface area contributed by atoms with Crippen LogP contribution >= 0.6 is 0 Å². The van der Waals surface area contributed by atoms with Crippen molar-refractivity contribution in [2.24, 2.45) is 4.99 Å². The maximum absolute atomic E-state index is 5.69. The SMILES string of the molecule is C(=Nc1c2ccccc2nc2ccccc12)c1cccc2c1OCOC2. The normalized spacial score (nSPS) is 13.8. The van der Waals surface area contributed by atoms with E-state index in [-0.39, 0.29) is 6.79 Å². The van der Waals surface area contributed by atoms with Gasteiger partial charge in [-0.25, -0.2) is 4.98 Å². The highest BCUT2D eigenvalue weighted by Gasteiger charge is 2.14. The van der Waals surface area contributed by atoms with Gasteiger partial charge in [0.2, 0.25) is 0 Å². The van der Waals surface area contributed by atoms with Gasteiger partial charge in [0, 0.05) is 28.1 Å². The first-order chi connectivity index (χ1) is 12.9. The highest BCUT2D eigenvalue weighted by Crippen LogP contribution is 2.34. The number of benzene rings is 3. The fourth-order valence-corrected chi connectivity index (χ4v) is 3.34. The lowest BCUT2D eigenvalue weighted by Crippen LogP contribution is -2.12. The lowest BCUT2D eigenvalue weighted by atomic mass is 10.1. The van der Waals surface area contributed by atoms with Crippen LogP contribution in [0.3, 0.4) is 0 Å². The van der Waals surface area contributed by atoms with Crippen LogP contribution in [-0.4, -0.2) is 18.0 Å². The third-order valence-corrected chi connectivity index (χ3v) is 4.56. The van der Waals surface area contributed by atoms with Gasteiger partial charge < -0.3 is 9.47 Å². The highest BCUT2D eigenvalue weighted by molar-refractivity contribution is 6.07. The summed E-state index contributed by atoms with van der Waals surface area (Å²) in [5.41, 5.74) is 4.81. The van der Waals surface area contributed by atoms with E-state index in [1.807, 2.05) is 60.8 Å². The number of aromatic nitrogens is 1. The van der Waals surface area contributed by atoms with Gasteiger partial charge in [0.1, 0.15) is 5.75 Å². The van der Waals surface area contributed by atoms with Crippen molar-refractivity contribution in [3.8, 4) is 5.75 Å². The van der Waals surface area contributed by atoms with E-state index >= 15 is 0 Å². The molecule has 0 saturated heterocycles. The zero-order chi connectivity index (χ0) is 17.3. The van der Waals surface area contributed by atoms with Gasteiger partial charge in [-0.2, -0.15) is 0 Å². The Morgan fingerprint density at radius 2 is 1.58 bits per heavy atom. The fraction of sp³-hybridized carbons (Fsp3) is 0.0909. The van der Waals surface area contributed by atoms with Crippen LogP contribution in [0.2, 0.25) is 0 Å². The molecule has 26 heavy (non-hydrogen) atoms. The molecule has 1 aliphatic heterocycles. The molecular formula is C22H16N2O2. The number of ether oxygens (including phenoxy) is 2. The summed E-state index contributed by atoms with van der Waals surface area (Å²) in [5.74, 6) is 0.852. The lowest BCUT2D eigenvalue weighted by molar-refractivity contribution is -0.0164. The Morgan fingerprint density at radius 1 is 0.846 bits per heavy atom. The molecule has 0 N–H and O–H groups in total. The third kappa shape index (κ3) is 2.52. The van der Waals surface area contributed by atoms with E-state index in [1.165, 1.54) is 0 Å². The highest BCUT2D eigenvalue weighted by atomic mass is 16.7. The van der Waals surface area contributed by atoms with Gasteiger partial charge in [-0.1, -0.05) is 48.5 Å². The van der Waals surface area contributed by atoms with E-state index < -0.39 is 0 Å². The van der Waals surface area contributed by atoms with E-state index in [1.54, 1.807) is 0 Å². The number of fused-ring (bicyclic) bond motifs is 3. The van der Waals surface area contributed by atoms with Gasteiger partial charge in [-0.05, 0) is 18.2 Å². The van der Waals surface area contributed by atoms with Crippen molar-refractivity contribution in [3.63, 3.8) is 0 Å². The van der Waals surface area contributed by atoms with Crippen LogP contribution in [0.5, 0.6) is 5.75 Å². The monoisotopic (exact) mass is 340 g/mol. The first-order valence-corrected chi connectivity index (χ1v) is 8.54. The van der Waals surface area contributed by atoms with Crippen molar-refractivity contribution in [2.45, 2.75) is 6.61 Å². The molecular weight excluding hydrogens is 324 g/mol. The maximum Gasteiger partial charge on any atom is 0.189 e. The Bertz CT molecular complexity index is 1100. The molecule has 4 nitrogen and oxygen atoms in total. The molecule has 0 amide bonds. The van der Waals surface area contributed by atoms with Gasteiger partial charge in [0.15, 0.2) is 6.79 Å². The first-order valence-electron chi connectivity index (χ1n) is 8.54. The summed E-state index contributed by atoms with van der Waals surface area (Å²) < 4.78 is 11.0. The summed E-state index contributed by atoms with van der Waals surface area (Å²) in [4.78, 5) is 9.60. The molecule has 4 heteroatoms. The summed E-state index contributed by atoms with van der Waals surface area (Å²) in [5, 5.41) is 2.08. The van der Waals surface area contributed by atoms with E-state index in [0.717, 1.165) is 44.4 Å². The Balaban J connectivity index is 1.70. The van der Waals surface area contributed by atoms with Crippen LogP contribution in [0.25, 0.3) is 21.8 Å². The minimum atomic E-state index is 0.277. The van der Waals surface area contributed by atoms with Crippen LogP contribution in [0, 0.1) is 0 Å². The topological polar surface area (TPSA) is 43.7 Å². The molecule has 5 rings (SSSR count). The van der Waals surface area contributed by atoms with Crippen LogP contribution in [0.1, 0.15) is 11.1 Å². The van der Waals surface area contributed by atoms with Crippen LogP contribution in [0.4, 0.5) is 5.69 Å². The molecule has 0 spiro atoms. The van der Waals surface area contributed by atoms with E-state index in [2.05, 4.69) is 12.1 Å². The standard InChI is InChI=1S/C22H16N2O2/c1-3-10-19-17(8-1)21(18-9-2-4-11-20(18)24-19)23-12-15-6-5-7-16-13-25-14-26-22(15)16/h1-12H,13-14H2. The second-order valence-corrected chi connectivity index (χ2v) is 6.20. The minimum Gasteiger partial charge on any atom is -0.466 e. The quantitative estimate of drug-likeness (QED) is 0.381. The summed E-state index contributed by atoms with van der Waals surface area (Å²) in [7, 11) is 0. The molecule has 2 heterocycles. The predicted octanol–water partition coefficient (Wildman–Crippen LogP) is 5.01. The van der Waals surface area contributed by atoms with E-state index in [4.69, 9.17) is 19.5 Å². The number of nitrogens with zero attached hydrogens (tertiary/aromatic N) is 2. The van der Waals surface area contributed by atoms with Crippen molar-refractivity contribution in [1.29, 1.82) is 0 Å². The molecule has 0 bridgehead atoms. The Kier molecular flexibility index (Phi) is 3.61. The number of para-hydroxylation sites is 3. The van der Waals surface area contributed by atoms with Gasteiger partial charge in [-0.15, -0.1) is 0 Å². The van der Waals surface area contributed by atoms with Gasteiger partial charge in [-0.3, -0.25) is 4.99 Å². The molecule has 126 valence electrons. The lowest BCUT2D eigenvalue weighted by Gasteiger charge is -2.19. The summed E-state index contributed by atoms with van der Waals surface area (Å²) in [6, 6.07) is 22.2. The largest absolute Gasteiger partial charge is 0.466 e. The van der Waals surface area contributed by atoms with Crippen molar-refractivity contribution in [3.05, 3.63) is 77.9 Å². The molecule has 0 unspecified atom stereocenters. The van der Waals surface area contributed by atoms with Gasteiger partial charge in [0.25, 0.3) is 0 Å². The zero-order valence-corrected chi connectivity index (χ0v) is 14.1. The van der Waals surface area contributed by atoms with Crippen LogP contribution in [0.15, 0.2) is 71.7 Å². The van der Waals surface area contributed by atoms with E-state index in [0.29, 0.717) is 6.61 Å². The van der Waals surface area contributed by atoms with Crippen LogP contribution in [-0.2, 0) is 11.3 Å². The van der Waals surface area contributed by atoms with Crippen molar-refractivity contribution < 1.29 is 9.47 Å². The first kappa shape index (κ1) is 15.0. The Labute approximate surface area is 150 Å². The van der Waals surface area contributed by atoms with Crippen molar-refractivity contribution in [2.75, 3.05) is 6.79 Å². The predicted molar refractivity (Wildman–Crippen MR) is 103 cm³/mol. The number of pyridine rings is 1. The van der Waals surface area contributed by atoms with Gasteiger partial charge >= 0.3 is 0 Å². The Hall–Kier alpha value is -3.24. The summed E-state index contributed by atoms with van der Waals surface area (Å²) in [6.45, 7) is 0.844. The number of aliphatic imine (C=N–C) groups is 1. The zero-order valence-electron chi connectivity index (χ0n) is 14.1. The fourth-order valence-electron chi connectivity index (χ4n) is 3.34. The second kappa shape index (κ2) is 6.24. The molecule has 3 aromatic carbocycles. The number of hydrogen-bond acceptors (Lipinski definition) is 4. The molecule has 0 saturated carbocycles. The Morgan fingerprint density at radius 3 is 2.35 bits per heavy atom. The summed E-state index contributed by atoms with van der Waals surface area (Å²) in [6.07, 6.45) is 1.87. The molecule has 4 aromatic rings. The number of rotatable bonds is 2. The average molecular weight is 340 g/mol. The minimum absolute atomic E-state index is 0.277. The number of hydrogen-bond donors (Lipinski definition) is 0. The second-order valence-electron chi connectivity index (χ2n) is 6.20.